The van der Waals surface area contributed by atoms with E-state index in [1.165, 1.54) is 15.5 Å². The maximum Gasteiger partial charge on any atom is 0.332 e. The molecule has 0 saturated heterocycles. The molecule has 7 heteroatoms. The lowest BCUT2D eigenvalue weighted by Crippen LogP contribution is -2.39. The van der Waals surface area contributed by atoms with Crippen LogP contribution in [0.3, 0.4) is 0 Å². The fourth-order valence-electron chi connectivity index (χ4n) is 3.08. The van der Waals surface area contributed by atoms with E-state index in [0.29, 0.717) is 11.2 Å². The molecule has 4 rings (SSSR count). The number of nitrogens with zero attached hydrogens (tertiary/aromatic N) is 4. The summed E-state index contributed by atoms with van der Waals surface area (Å²) in [4.78, 5) is 29.5. The van der Waals surface area contributed by atoms with Crippen LogP contribution < -0.4 is 11.2 Å². The van der Waals surface area contributed by atoms with Gasteiger partial charge in [-0.1, -0.05) is 24.3 Å². The molecule has 0 aliphatic rings. The van der Waals surface area contributed by atoms with E-state index in [0.717, 1.165) is 22.5 Å². The van der Waals surface area contributed by atoms with Gasteiger partial charge in [-0.05, 0) is 24.1 Å². The van der Waals surface area contributed by atoms with Crippen LogP contribution in [0.1, 0.15) is 11.1 Å². The molecule has 26 heavy (non-hydrogen) atoms. The van der Waals surface area contributed by atoms with Crippen LogP contribution in [0.15, 0.2) is 56.9 Å². The molecule has 0 spiro atoms. The molecule has 0 amide bonds. The van der Waals surface area contributed by atoms with Crippen LogP contribution in [0.4, 0.5) is 0 Å². The van der Waals surface area contributed by atoms with Crippen LogP contribution in [0.25, 0.3) is 22.5 Å². The van der Waals surface area contributed by atoms with Crippen molar-refractivity contribution in [3.8, 4) is 11.3 Å². The number of imidazole rings is 1. The van der Waals surface area contributed by atoms with E-state index in [1.54, 1.807) is 24.9 Å². The van der Waals surface area contributed by atoms with Crippen molar-refractivity contribution in [2.45, 2.75) is 13.5 Å². The summed E-state index contributed by atoms with van der Waals surface area (Å²) >= 11 is 0. The molecule has 1 aromatic carbocycles. The number of fused-ring (bicyclic) bond motifs is 1. The summed E-state index contributed by atoms with van der Waals surface area (Å²) in [5.74, 6) is 0.790. The average molecular weight is 350 g/mol. The number of rotatable bonds is 3. The van der Waals surface area contributed by atoms with Gasteiger partial charge in [-0.25, -0.2) is 9.78 Å². The number of benzene rings is 1. The molecule has 0 fully saturated rings. The highest BCUT2D eigenvalue weighted by Gasteiger charge is 2.15. The summed E-state index contributed by atoms with van der Waals surface area (Å²) in [6.45, 7) is 2.17. The van der Waals surface area contributed by atoms with Crippen molar-refractivity contribution in [1.82, 2.24) is 18.7 Å². The van der Waals surface area contributed by atoms with Crippen molar-refractivity contribution in [3.05, 3.63) is 74.9 Å². The first-order chi connectivity index (χ1) is 12.5. The monoisotopic (exact) mass is 350 g/mol. The SMILES string of the molecule is Cc1coc(-c2ccc(Cn3c(=O)c4c(ncn4C)n(C)c3=O)cc2)c1. The topological polar surface area (TPSA) is 75.0 Å². The molecular weight excluding hydrogens is 332 g/mol. The molecule has 7 nitrogen and oxygen atoms in total. The zero-order valence-electron chi connectivity index (χ0n) is 14.8. The number of hydrogen-bond acceptors (Lipinski definition) is 4. The van der Waals surface area contributed by atoms with Crippen molar-refractivity contribution >= 4 is 11.2 Å². The Morgan fingerprint density at radius 1 is 1.12 bits per heavy atom. The third-order valence-electron chi connectivity index (χ3n) is 4.51. The quantitative estimate of drug-likeness (QED) is 0.567. The predicted octanol–water partition coefficient (Wildman–Crippen LogP) is 2.05. The fraction of sp³-hybridized carbons (Fsp3) is 0.211. The number of aryl methyl sites for hydroxylation is 3. The van der Waals surface area contributed by atoms with E-state index in [2.05, 4.69) is 4.98 Å². The van der Waals surface area contributed by atoms with Gasteiger partial charge in [-0.15, -0.1) is 0 Å². The maximum absolute atomic E-state index is 12.8. The van der Waals surface area contributed by atoms with Gasteiger partial charge < -0.3 is 8.98 Å². The molecule has 0 unspecified atom stereocenters. The minimum atomic E-state index is -0.382. The standard InChI is InChI=1S/C19H18N4O3/c1-12-8-15(26-10-12)14-6-4-13(5-7-14)9-23-18(24)16-17(20-11-21(16)2)22(3)19(23)25/h4-8,10-11H,9H2,1-3H3. The fourth-order valence-corrected chi connectivity index (χ4v) is 3.08. The lowest BCUT2D eigenvalue weighted by atomic mass is 10.1. The Morgan fingerprint density at radius 2 is 1.85 bits per heavy atom. The van der Waals surface area contributed by atoms with Crippen LogP contribution in [0.5, 0.6) is 0 Å². The summed E-state index contributed by atoms with van der Waals surface area (Å²) in [6, 6.07) is 9.60. The molecule has 0 bridgehead atoms. The first-order valence-corrected chi connectivity index (χ1v) is 8.21. The lowest BCUT2D eigenvalue weighted by Gasteiger charge is -2.09. The highest BCUT2D eigenvalue weighted by Crippen LogP contribution is 2.22. The molecular formula is C19H18N4O3. The average Bonchev–Trinajstić information content (AvgIpc) is 3.23. The summed E-state index contributed by atoms with van der Waals surface area (Å²) in [6.07, 6.45) is 3.24. The second-order valence-electron chi connectivity index (χ2n) is 6.45. The zero-order chi connectivity index (χ0) is 18.4. The van der Waals surface area contributed by atoms with Crippen LogP contribution in [-0.2, 0) is 20.6 Å². The van der Waals surface area contributed by atoms with E-state index in [4.69, 9.17) is 4.42 Å². The number of hydrogen-bond donors (Lipinski definition) is 0. The molecule has 0 N–H and O–H groups in total. The molecule has 0 atom stereocenters. The molecule has 0 aliphatic carbocycles. The predicted molar refractivity (Wildman–Crippen MR) is 98.2 cm³/mol. The third-order valence-corrected chi connectivity index (χ3v) is 4.51. The summed E-state index contributed by atoms with van der Waals surface area (Å²) in [7, 11) is 3.36. The molecule has 3 aromatic heterocycles. The Morgan fingerprint density at radius 3 is 2.50 bits per heavy atom. The first kappa shape index (κ1) is 16.1. The van der Waals surface area contributed by atoms with Gasteiger partial charge in [-0.3, -0.25) is 13.9 Å². The van der Waals surface area contributed by atoms with Crippen LogP contribution in [0, 0.1) is 6.92 Å². The van der Waals surface area contributed by atoms with Gasteiger partial charge in [0.05, 0.1) is 19.1 Å². The smallest absolute Gasteiger partial charge is 0.332 e. The van der Waals surface area contributed by atoms with Crippen molar-refractivity contribution in [2.24, 2.45) is 14.1 Å². The Bertz CT molecular complexity index is 1220. The molecule has 0 radical (unpaired) electrons. The second-order valence-corrected chi connectivity index (χ2v) is 6.45. The van der Waals surface area contributed by atoms with Gasteiger partial charge in [0, 0.05) is 19.7 Å². The minimum absolute atomic E-state index is 0.199. The highest BCUT2D eigenvalue weighted by molar-refractivity contribution is 5.69. The molecule has 0 aliphatic heterocycles. The van der Waals surface area contributed by atoms with Crippen LogP contribution in [-0.4, -0.2) is 18.7 Å². The first-order valence-electron chi connectivity index (χ1n) is 8.21. The molecule has 0 saturated carbocycles. The summed E-state index contributed by atoms with van der Waals surface area (Å²) < 4.78 is 9.76. The normalized spacial score (nSPS) is 11.3. The minimum Gasteiger partial charge on any atom is -0.464 e. The van der Waals surface area contributed by atoms with E-state index in [9.17, 15) is 9.59 Å². The van der Waals surface area contributed by atoms with Crippen molar-refractivity contribution in [2.75, 3.05) is 0 Å². The van der Waals surface area contributed by atoms with E-state index < -0.39 is 0 Å². The lowest BCUT2D eigenvalue weighted by molar-refractivity contribution is 0.580. The second kappa shape index (κ2) is 5.87. The van der Waals surface area contributed by atoms with Gasteiger partial charge in [0.15, 0.2) is 11.2 Å². The van der Waals surface area contributed by atoms with Crippen molar-refractivity contribution in [3.63, 3.8) is 0 Å². The summed E-state index contributed by atoms with van der Waals surface area (Å²) in [5.41, 5.74) is 2.95. The van der Waals surface area contributed by atoms with E-state index in [-0.39, 0.29) is 17.8 Å². The Kier molecular flexibility index (Phi) is 3.64. The molecule has 4 aromatic rings. The maximum atomic E-state index is 12.8. The van der Waals surface area contributed by atoms with Gasteiger partial charge in [0.2, 0.25) is 0 Å². The van der Waals surface area contributed by atoms with Crippen LogP contribution in [0.2, 0.25) is 0 Å². The van der Waals surface area contributed by atoms with Gasteiger partial charge in [0.25, 0.3) is 5.56 Å². The number of furan rings is 1. The zero-order valence-corrected chi connectivity index (χ0v) is 14.8. The summed E-state index contributed by atoms with van der Waals surface area (Å²) in [5, 5.41) is 0. The van der Waals surface area contributed by atoms with Gasteiger partial charge in [0.1, 0.15) is 5.76 Å². The third kappa shape index (κ3) is 2.48. The Labute approximate surface area is 148 Å². The highest BCUT2D eigenvalue weighted by atomic mass is 16.3. The Hall–Kier alpha value is -3.35. The number of aromatic nitrogens is 4. The van der Waals surface area contributed by atoms with Crippen molar-refractivity contribution < 1.29 is 4.42 Å². The van der Waals surface area contributed by atoms with Crippen molar-refractivity contribution in [1.29, 1.82) is 0 Å². The largest absolute Gasteiger partial charge is 0.464 e. The van der Waals surface area contributed by atoms with E-state index in [1.807, 2.05) is 37.3 Å². The Balaban J connectivity index is 1.75. The van der Waals surface area contributed by atoms with Gasteiger partial charge >= 0.3 is 5.69 Å². The molecule has 3 heterocycles. The van der Waals surface area contributed by atoms with Gasteiger partial charge in [-0.2, -0.15) is 0 Å². The van der Waals surface area contributed by atoms with Crippen LogP contribution >= 0.6 is 0 Å². The molecule has 132 valence electrons. The van der Waals surface area contributed by atoms with E-state index >= 15 is 0 Å².